The highest BCUT2D eigenvalue weighted by molar-refractivity contribution is 7.46. The maximum atomic E-state index is 10.7. The summed E-state index contributed by atoms with van der Waals surface area (Å²) in [6, 6.07) is 0. The predicted molar refractivity (Wildman–Crippen MR) is 57.7 cm³/mol. The van der Waals surface area contributed by atoms with Crippen LogP contribution in [0.4, 0.5) is 0 Å². The molecule has 0 fully saturated rings. The van der Waals surface area contributed by atoms with Crippen LogP contribution < -0.4 is 0 Å². The van der Waals surface area contributed by atoms with Gasteiger partial charge in [-0.05, 0) is 19.3 Å². The highest BCUT2D eigenvalue weighted by atomic mass is 31.2. The lowest BCUT2D eigenvalue weighted by molar-refractivity contribution is -0.143. The first-order chi connectivity index (χ1) is 7.45. The molecule has 0 amide bonds. The molecule has 0 unspecified atom stereocenters. The van der Waals surface area contributed by atoms with Crippen LogP contribution >= 0.6 is 7.82 Å². The lowest BCUT2D eigenvalue weighted by Crippen LogP contribution is -2.03. The van der Waals surface area contributed by atoms with Gasteiger partial charge < -0.3 is 14.5 Å². The Bertz CT molecular complexity index is 236. The van der Waals surface area contributed by atoms with Crippen LogP contribution in [0.5, 0.6) is 0 Å². The van der Waals surface area contributed by atoms with Crippen molar-refractivity contribution in [3.8, 4) is 0 Å². The van der Waals surface area contributed by atoms with Gasteiger partial charge in [-0.2, -0.15) is 0 Å². The van der Waals surface area contributed by atoms with Crippen molar-refractivity contribution in [1.82, 2.24) is 0 Å². The van der Waals surface area contributed by atoms with Crippen molar-refractivity contribution in [2.24, 2.45) is 0 Å². The van der Waals surface area contributed by atoms with E-state index in [4.69, 9.17) is 14.5 Å². The van der Waals surface area contributed by atoms with Crippen LogP contribution in [0.1, 0.15) is 39.0 Å². The summed E-state index contributed by atoms with van der Waals surface area (Å²) in [6.07, 6.45) is 3.38. The van der Waals surface area contributed by atoms with Crippen LogP contribution in [0.25, 0.3) is 0 Å². The number of unbranched alkanes of at least 4 members (excludes halogenated alkanes) is 3. The molecule has 0 aromatic rings. The van der Waals surface area contributed by atoms with Gasteiger partial charge in [0.1, 0.15) is 0 Å². The summed E-state index contributed by atoms with van der Waals surface area (Å²) >= 11 is 0. The maximum absolute atomic E-state index is 10.7. The Hall–Kier alpha value is -0.420. The molecule has 0 heterocycles. The fraction of sp³-hybridized carbons (Fsp3) is 0.889. The summed E-state index contributed by atoms with van der Waals surface area (Å²) in [5, 5.41) is 0. The van der Waals surface area contributed by atoms with E-state index in [0.29, 0.717) is 19.4 Å². The lowest BCUT2D eigenvalue weighted by Gasteiger charge is -2.05. The Labute approximate surface area is 95.2 Å². The molecule has 0 aromatic carbocycles. The van der Waals surface area contributed by atoms with Gasteiger partial charge in [0.05, 0.1) is 13.2 Å². The van der Waals surface area contributed by atoms with E-state index in [-0.39, 0.29) is 12.6 Å². The second-order valence-corrected chi connectivity index (χ2v) is 4.55. The Balaban J connectivity index is 3.16. The van der Waals surface area contributed by atoms with E-state index < -0.39 is 7.82 Å². The molecule has 0 bridgehead atoms. The number of rotatable bonds is 9. The van der Waals surface area contributed by atoms with Gasteiger partial charge in [0, 0.05) is 6.42 Å². The Morgan fingerprint density at radius 2 is 1.69 bits per heavy atom. The van der Waals surface area contributed by atoms with Crippen molar-refractivity contribution in [3.05, 3.63) is 0 Å². The topological polar surface area (TPSA) is 93.1 Å². The number of ether oxygens (including phenoxy) is 1. The van der Waals surface area contributed by atoms with Crippen LogP contribution in [0.3, 0.4) is 0 Å². The lowest BCUT2D eigenvalue weighted by atomic mass is 10.2. The molecular weight excluding hydrogens is 235 g/mol. The van der Waals surface area contributed by atoms with Crippen molar-refractivity contribution in [1.29, 1.82) is 0 Å². The summed E-state index contributed by atoms with van der Waals surface area (Å²) in [4.78, 5) is 27.5. The van der Waals surface area contributed by atoms with Crippen LogP contribution in [0.15, 0.2) is 0 Å². The zero-order chi connectivity index (χ0) is 12.4. The van der Waals surface area contributed by atoms with Gasteiger partial charge in [0.2, 0.25) is 0 Å². The maximum Gasteiger partial charge on any atom is 0.469 e. The third-order valence-corrected chi connectivity index (χ3v) is 2.37. The van der Waals surface area contributed by atoms with Gasteiger partial charge in [-0.15, -0.1) is 0 Å². The van der Waals surface area contributed by atoms with E-state index in [9.17, 15) is 9.36 Å². The predicted octanol–water partition coefficient (Wildman–Crippen LogP) is 1.61. The van der Waals surface area contributed by atoms with E-state index >= 15 is 0 Å². The number of hydrogen-bond acceptors (Lipinski definition) is 4. The third kappa shape index (κ3) is 11.7. The van der Waals surface area contributed by atoms with Crippen LogP contribution in [-0.4, -0.2) is 29.0 Å². The summed E-state index contributed by atoms with van der Waals surface area (Å²) in [6.45, 7) is 2.20. The van der Waals surface area contributed by atoms with E-state index in [1.165, 1.54) is 0 Å². The van der Waals surface area contributed by atoms with E-state index in [2.05, 4.69) is 4.52 Å². The minimum absolute atomic E-state index is 0.0546. The number of esters is 1. The molecule has 0 saturated heterocycles. The number of phosphoric acid groups is 1. The highest BCUT2D eigenvalue weighted by Crippen LogP contribution is 2.35. The first-order valence-corrected chi connectivity index (χ1v) is 6.84. The summed E-state index contributed by atoms with van der Waals surface area (Å²) in [7, 11) is -4.31. The van der Waals surface area contributed by atoms with Crippen LogP contribution in [0, 0.1) is 0 Å². The van der Waals surface area contributed by atoms with E-state index in [1.54, 1.807) is 6.92 Å². The van der Waals surface area contributed by atoms with E-state index in [1.807, 2.05) is 0 Å². The molecule has 16 heavy (non-hydrogen) atoms. The Morgan fingerprint density at radius 1 is 1.12 bits per heavy atom. The molecule has 0 rings (SSSR count). The molecule has 0 spiro atoms. The van der Waals surface area contributed by atoms with Gasteiger partial charge >= 0.3 is 13.8 Å². The van der Waals surface area contributed by atoms with Crippen LogP contribution in [-0.2, 0) is 18.6 Å². The van der Waals surface area contributed by atoms with Crippen LogP contribution in [0.2, 0.25) is 0 Å². The first kappa shape index (κ1) is 15.6. The van der Waals surface area contributed by atoms with Crippen molar-refractivity contribution in [3.63, 3.8) is 0 Å². The van der Waals surface area contributed by atoms with E-state index in [0.717, 1.165) is 19.3 Å². The fourth-order valence-electron chi connectivity index (χ4n) is 1.03. The van der Waals surface area contributed by atoms with Crippen molar-refractivity contribution in [2.45, 2.75) is 39.0 Å². The zero-order valence-electron chi connectivity index (χ0n) is 9.42. The largest absolute Gasteiger partial charge is 0.469 e. The Morgan fingerprint density at radius 3 is 2.19 bits per heavy atom. The number of carbonyl (C=O) groups is 1. The molecule has 6 nitrogen and oxygen atoms in total. The molecule has 0 aliphatic rings. The molecule has 0 aliphatic heterocycles. The average molecular weight is 254 g/mol. The first-order valence-electron chi connectivity index (χ1n) is 5.31. The molecule has 96 valence electrons. The van der Waals surface area contributed by atoms with Gasteiger partial charge in [-0.3, -0.25) is 9.32 Å². The smallest absolute Gasteiger partial charge is 0.466 e. The average Bonchev–Trinajstić information content (AvgIpc) is 2.20. The van der Waals surface area contributed by atoms with Gasteiger partial charge in [-0.1, -0.05) is 13.3 Å². The SMILES string of the molecule is CCC(=O)OCCCCCCOP(=O)(O)O. The molecule has 0 saturated carbocycles. The molecule has 7 heteroatoms. The van der Waals surface area contributed by atoms with Crippen molar-refractivity contribution in [2.75, 3.05) is 13.2 Å². The molecule has 0 atom stereocenters. The minimum atomic E-state index is -4.31. The Kier molecular flexibility index (Phi) is 8.47. The third-order valence-electron chi connectivity index (χ3n) is 1.85. The molecule has 0 aromatic heterocycles. The van der Waals surface area contributed by atoms with Gasteiger partial charge in [0.15, 0.2) is 0 Å². The summed E-state index contributed by atoms with van der Waals surface area (Å²) in [5.41, 5.74) is 0. The monoisotopic (exact) mass is 254 g/mol. The normalized spacial score (nSPS) is 11.4. The van der Waals surface area contributed by atoms with Gasteiger partial charge in [-0.25, -0.2) is 4.57 Å². The zero-order valence-corrected chi connectivity index (χ0v) is 10.3. The number of hydrogen-bond donors (Lipinski definition) is 2. The molecular formula is C9H19O6P. The van der Waals surface area contributed by atoms with Crippen molar-refractivity contribution < 1.29 is 28.4 Å². The van der Waals surface area contributed by atoms with Gasteiger partial charge in [0.25, 0.3) is 0 Å². The summed E-state index contributed by atoms with van der Waals surface area (Å²) in [5.74, 6) is -0.204. The fourth-order valence-corrected chi connectivity index (χ4v) is 1.40. The minimum Gasteiger partial charge on any atom is -0.466 e. The second kappa shape index (κ2) is 8.70. The molecule has 0 aliphatic carbocycles. The molecule has 0 radical (unpaired) electrons. The second-order valence-electron chi connectivity index (χ2n) is 3.31. The number of carbonyl (C=O) groups excluding carboxylic acids is 1. The quantitative estimate of drug-likeness (QED) is 0.369. The molecule has 2 N–H and O–H groups in total. The highest BCUT2D eigenvalue weighted by Gasteiger charge is 2.12. The summed E-state index contributed by atoms with van der Waals surface area (Å²) < 4.78 is 19.4. The standard InChI is InChI=1S/C9H19O6P/c1-2-9(10)14-7-5-3-4-6-8-15-16(11,12)13/h2-8H2,1H3,(H2,11,12,13). The number of phosphoric ester groups is 1. The van der Waals surface area contributed by atoms with Crippen molar-refractivity contribution >= 4 is 13.8 Å².